The lowest BCUT2D eigenvalue weighted by Gasteiger charge is -2.25. The van der Waals surface area contributed by atoms with Gasteiger partial charge in [0.25, 0.3) is 0 Å². The molecule has 1 aliphatic heterocycles. The predicted molar refractivity (Wildman–Crippen MR) is 297 cm³/mol. The lowest BCUT2D eigenvalue weighted by atomic mass is 10.2. The molecule has 6 aromatic heterocycles. The third-order valence-corrected chi connectivity index (χ3v) is 12.1. The third kappa shape index (κ3) is 15.6. The van der Waals surface area contributed by atoms with Crippen molar-refractivity contribution < 1.29 is 47.8 Å². The summed E-state index contributed by atoms with van der Waals surface area (Å²) in [6.07, 6.45) is 5.88. The van der Waals surface area contributed by atoms with Gasteiger partial charge < -0.3 is 39.5 Å². The van der Waals surface area contributed by atoms with E-state index in [1.807, 2.05) is 0 Å². The molecule has 0 atom stereocenters. The fourth-order valence-corrected chi connectivity index (χ4v) is 8.72. The molecule has 2 N–H and O–H groups in total. The monoisotopic (exact) mass is 1120 g/mol. The largest absolute Gasteiger partial charge is 0.443 e. The minimum Gasteiger partial charge on any atom is -0.443 e. The number of benzene rings is 2. The molecule has 79 heavy (non-hydrogen) atoms. The molecule has 1 saturated heterocycles. The molecule has 8 aromatic rings. The summed E-state index contributed by atoms with van der Waals surface area (Å²) in [5.41, 5.74) is 5.90. The van der Waals surface area contributed by atoms with E-state index in [9.17, 15) is 29.3 Å². The minimum atomic E-state index is -0.805. The van der Waals surface area contributed by atoms with E-state index >= 15 is 0 Å². The number of nitro groups is 1. The Morgan fingerprint density at radius 3 is 1.39 bits per heavy atom. The first-order valence-corrected chi connectivity index (χ1v) is 26.2. The van der Waals surface area contributed by atoms with E-state index in [4.69, 9.17) is 29.4 Å². The molecule has 0 saturated carbocycles. The van der Waals surface area contributed by atoms with Gasteiger partial charge in [0.05, 0.1) is 34.8 Å². The van der Waals surface area contributed by atoms with Crippen LogP contribution in [0, 0.1) is 10.1 Å². The molecular formula is C52H60N14O11S2. The zero-order chi connectivity index (χ0) is 57.6. The van der Waals surface area contributed by atoms with Crippen LogP contribution in [0.3, 0.4) is 0 Å². The Labute approximate surface area is 461 Å². The lowest BCUT2D eigenvalue weighted by Crippen LogP contribution is -2.33. The van der Waals surface area contributed by atoms with Gasteiger partial charge in [-0.2, -0.15) is 19.6 Å². The molecule has 0 radical (unpaired) electrons. The van der Waals surface area contributed by atoms with Gasteiger partial charge in [-0.05, 0) is 160 Å². The molecule has 416 valence electrons. The zero-order valence-electron chi connectivity index (χ0n) is 45.6. The van der Waals surface area contributed by atoms with Crippen LogP contribution in [0.4, 0.5) is 52.5 Å². The van der Waals surface area contributed by atoms with Crippen molar-refractivity contribution in [3.05, 3.63) is 95.6 Å². The fraction of sp³-hybridized carbons (Fsp3) is 0.385. The maximum absolute atomic E-state index is 13.3. The van der Waals surface area contributed by atoms with E-state index < -0.39 is 51.7 Å². The summed E-state index contributed by atoms with van der Waals surface area (Å²) in [4.78, 5) is 72.5. The second-order valence-electron chi connectivity index (χ2n) is 21.4. The summed E-state index contributed by atoms with van der Waals surface area (Å²) in [6, 6.07) is 16.3. The number of nitrogens with zero attached hydrogens (tertiary/aromatic N) is 13. The summed E-state index contributed by atoms with van der Waals surface area (Å²) < 4.78 is 29.4. The maximum atomic E-state index is 13.3. The maximum Gasteiger partial charge on any atom is 0.435 e. The number of hydrogen-bond donors (Lipinski definition) is 1. The predicted octanol–water partition coefficient (Wildman–Crippen LogP) is 11.9. The number of rotatable bonds is 7. The third-order valence-electron chi connectivity index (χ3n) is 10.2. The average molecular weight is 1120 g/mol. The van der Waals surface area contributed by atoms with Gasteiger partial charge in [0.2, 0.25) is 10.3 Å². The van der Waals surface area contributed by atoms with Crippen LogP contribution >= 0.6 is 22.7 Å². The summed E-state index contributed by atoms with van der Waals surface area (Å²) in [6.45, 7) is 23.2. The molecule has 0 spiro atoms. The van der Waals surface area contributed by atoms with E-state index in [1.54, 1.807) is 144 Å². The second kappa shape index (κ2) is 23.6. The Balaban J connectivity index is 0.000000210. The second-order valence-corrected chi connectivity index (χ2v) is 23.3. The Kier molecular flexibility index (Phi) is 17.4. The number of ether oxygens (including phenoxy) is 5. The number of carbonyl (C=O) groups is 4. The molecule has 0 unspecified atom stereocenters. The summed E-state index contributed by atoms with van der Waals surface area (Å²) in [7, 11) is 0. The number of pyridine rings is 2. The number of carbonyl (C=O) groups excluding carboxylic acids is 4. The van der Waals surface area contributed by atoms with Crippen molar-refractivity contribution in [3.8, 4) is 21.1 Å². The van der Waals surface area contributed by atoms with E-state index in [0.29, 0.717) is 59.7 Å². The Bertz CT molecular complexity index is 3500. The molecule has 2 aromatic carbocycles. The van der Waals surface area contributed by atoms with Gasteiger partial charge in [0.1, 0.15) is 44.4 Å². The first kappa shape index (κ1) is 58.1. The highest BCUT2D eigenvalue weighted by molar-refractivity contribution is 7.19. The zero-order valence-corrected chi connectivity index (χ0v) is 47.2. The topological polar surface area (TPSA) is 303 Å². The molecule has 0 bridgehead atoms. The van der Waals surface area contributed by atoms with Crippen molar-refractivity contribution in [1.29, 1.82) is 0 Å². The van der Waals surface area contributed by atoms with Crippen molar-refractivity contribution in [3.63, 3.8) is 0 Å². The van der Waals surface area contributed by atoms with Crippen molar-refractivity contribution in [2.45, 2.75) is 118 Å². The van der Waals surface area contributed by atoms with Crippen LogP contribution in [0.5, 0.6) is 0 Å². The normalized spacial score (nSPS) is 12.7. The minimum absolute atomic E-state index is 0.174. The molecule has 2 amide bonds. The summed E-state index contributed by atoms with van der Waals surface area (Å²) in [5, 5.41) is 38.8. The number of amides is 2. The van der Waals surface area contributed by atoms with Crippen molar-refractivity contribution in [2.75, 3.05) is 28.7 Å². The molecule has 7 heterocycles. The molecule has 0 aliphatic carbocycles. The Morgan fingerprint density at radius 2 is 1.01 bits per heavy atom. The van der Waals surface area contributed by atoms with Crippen LogP contribution in [0.2, 0.25) is 0 Å². The first-order chi connectivity index (χ1) is 37.0. The van der Waals surface area contributed by atoms with Gasteiger partial charge in [0.15, 0.2) is 0 Å². The quantitative estimate of drug-likeness (QED) is 0.0880. The van der Waals surface area contributed by atoms with Crippen molar-refractivity contribution in [2.24, 2.45) is 0 Å². The first-order valence-electron chi connectivity index (χ1n) is 24.6. The smallest absolute Gasteiger partial charge is 0.435 e. The SMILES string of the molecule is C1CCOC1.CC(C)(C)OC(=O)N(c1ccc2c(cnn2C(=O)OC(C)(C)C)c1)c1nnc(-c2ccnc(N)c2)s1.CC(C)(C)OC(=O)N(c1ccc2c(cnn2C(=O)OC(C)(C)C)c1)c1nnc(-c2ccnc([N+](=O)[O-])c2)s1. The van der Waals surface area contributed by atoms with Gasteiger partial charge in [-0.3, -0.25) is 0 Å². The highest BCUT2D eigenvalue weighted by atomic mass is 32.1. The number of anilines is 5. The van der Waals surface area contributed by atoms with Gasteiger partial charge in [0, 0.05) is 47.4 Å². The van der Waals surface area contributed by atoms with E-state index in [1.165, 1.54) is 63.3 Å². The molecule has 9 rings (SSSR count). The molecule has 1 aliphatic rings. The number of aromatic nitrogens is 10. The van der Waals surface area contributed by atoms with Gasteiger partial charge in [-0.15, -0.1) is 20.4 Å². The Hall–Kier alpha value is -8.56. The van der Waals surface area contributed by atoms with Crippen LogP contribution in [0.1, 0.15) is 95.9 Å². The van der Waals surface area contributed by atoms with Crippen LogP contribution in [-0.2, 0) is 23.7 Å². The molecule has 27 heteroatoms. The van der Waals surface area contributed by atoms with E-state index in [0.717, 1.165) is 34.8 Å². The molecular weight excluding hydrogens is 1060 g/mol. The molecule has 1 fully saturated rings. The van der Waals surface area contributed by atoms with Gasteiger partial charge >= 0.3 is 30.2 Å². The van der Waals surface area contributed by atoms with Gasteiger partial charge in [-0.1, -0.05) is 22.7 Å². The van der Waals surface area contributed by atoms with Crippen LogP contribution in [0.15, 0.2) is 85.5 Å². The van der Waals surface area contributed by atoms with E-state index in [-0.39, 0.29) is 10.9 Å². The molecule has 25 nitrogen and oxygen atoms in total. The average Bonchev–Trinajstić information content (AvgIpc) is 4.43. The van der Waals surface area contributed by atoms with Crippen LogP contribution < -0.4 is 15.5 Å². The highest BCUT2D eigenvalue weighted by Gasteiger charge is 2.31. The van der Waals surface area contributed by atoms with Crippen LogP contribution in [0.25, 0.3) is 42.9 Å². The number of nitrogens with two attached hydrogens (primary N) is 1. The van der Waals surface area contributed by atoms with Crippen LogP contribution in [-0.4, -0.2) is 115 Å². The summed E-state index contributed by atoms with van der Waals surface area (Å²) in [5.74, 6) is 0.0106. The lowest BCUT2D eigenvalue weighted by molar-refractivity contribution is -0.389. The number of hydrogen-bond acceptors (Lipinski definition) is 22. The number of nitrogen functional groups attached to an aromatic ring is 1. The fourth-order valence-electron chi connectivity index (χ4n) is 7.01. The highest BCUT2D eigenvalue weighted by Crippen LogP contribution is 2.38. The number of fused-ring (bicyclic) bond motifs is 2. The van der Waals surface area contributed by atoms with Gasteiger partial charge in [-0.25, -0.2) is 34.0 Å². The standard InChI is InChI=1S/C24H25N7O6S.C24H27N7O4S.C4H8O/c1-23(2,3)36-21(32)29(20-28-27-19(38-20)14-9-10-25-18(12-14)31(34)35)16-7-8-17-15(11-16)13-26-30(17)22(33)37-24(4,5)6;1-23(2,3)34-21(32)30(20-29-28-19(36-20)14-9-10-26-18(25)12-14)16-7-8-17-15(11-16)13-27-31(17)22(33)35-24(4,5)6;1-2-4-5-3-1/h7-13H,1-6H3;7-13H,1-6H3,(H2,25,26);1-4H2. The summed E-state index contributed by atoms with van der Waals surface area (Å²) >= 11 is 2.24. The Morgan fingerprint density at radius 1 is 0.595 bits per heavy atom. The van der Waals surface area contributed by atoms with Crippen molar-refractivity contribution in [1.82, 2.24) is 49.9 Å². The van der Waals surface area contributed by atoms with Crippen molar-refractivity contribution >= 4 is 102 Å². The van der Waals surface area contributed by atoms with E-state index in [2.05, 4.69) is 40.6 Å².